The fourth-order valence-corrected chi connectivity index (χ4v) is 2.50. The second kappa shape index (κ2) is 5.75. The molecular weight excluding hydrogens is 216 g/mol. The maximum atomic E-state index is 11.4. The normalized spacial score (nSPS) is 24.3. The van der Waals surface area contributed by atoms with Crippen LogP contribution >= 0.6 is 0 Å². The second-order valence-corrected chi connectivity index (χ2v) is 4.64. The number of esters is 1. The van der Waals surface area contributed by atoms with E-state index >= 15 is 0 Å². The Morgan fingerprint density at radius 3 is 2.71 bits per heavy atom. The van der Waals surface area contributed by atoms with Crippen LogP contribution in [0, 0.1) is 11.8 Å². The molecule has 1 heterocycles. The summed E-state index contributed by atoms with van der Waals surface area (Å²) in [6.07, 6.45) is 10.3. The number of carbonyl (C=O) groups is 1. The highest BCUT2D eigenvalue weighted by molar-refractivity contribution is 5.72. The molecule has 4 nitrogen and oxygen atoms in total. The molecule has 1 fully saturated rings. The van der Waals surface area contributed by atoms with E-state index in [2.05, 4.69) is 9.97 Å². The van der Waals surface area contributed by atoms with Gasteiger partial charge < -0.3 is 4.74 Å². The molecule has 0 aromatic carbocycles. The van der Waals surface area contributed by atoms with E-state index in [0.717, 1.165) is 37.8 Å². The lowest BCUT2D eigenvalue weighted by Crippen LogP contribution is -2.23. The van der Waals surface area contributed by atoms with Crippen molar-refractivity contribution in [2.24, 2.45) is 11.8 Å². The van der Waals surface area contributed by atoms with Crippen LogP contribution in [0.3, 0.4) is 0 Å². The molecule has 0 radical (unpaired) electrons. The average molecular weight is 234 g/mol. The number of ether oxygens (including phenoxy) is 1. The molecule has 1 aliphatic rings. The van der Waals surface area contributed by atoms with Crippen LogP contribution in [-0.4, -0.2) is 23.0 Å². The van der Waals surface area contributed by atoms with Crippen LogP contribution in [-0.2, 0) is 16.0 Å². The van der Waals surface area contributed by atoms with E-state index < -0.39 is 0 Å². The van der Waals surface area contributed by atoms with Crippen molar-refractivity contribution in [1.29, 1.82) is 0 Å². The number of hydrogen-bond donors (Lipinski definition) is 0. The van der Waals surface area contributed by atoms with Gasteiger partial charge in [-0.3, -0.25) is 14.8 Å². The average Bonchev–Trinajstić information content (AvgIpc) is 2.40. The molecule has 0 N–H and O–H groups in total. The SMILES string of the molecule is COC(=O)C1CCC(Cc2cnccn2)CC1. The summed E-state index contributed by atoms with van der Waals surface area (Å²) in [6.45, 7) is 0. The van der Waals surface area contributed by atoms with Crippen LogP contribution in [0.1, 0.15) is 31.4 Å². The third-order valence-electron chi connectivity index (χ3n) is 3.50. The Labute approximate surface area is 101 Å². The van der Waals surface area contributed by atoms with Crippen LogP contribution < -0.4 is 0 Å². The van der Waals surface area contributed by atoms with Gasteiger partial charge in [-0.2, -0.15) is 0 Å². The van der Waals surface area contributed by atoms with Crippen LogP contribution in [0.25, 0.3) is 0 Å². The zero-order valence-corrected chi connectivity index (χ0v) is 10.1. The van der Waals surface area contributed by atoms with Crippen molar-refractivity contribution in [3.63, 3.8) is 0 Å². The Morgan fingerprint density at radius 1 is 1.35 bits per heavy atom. The van der Waals surface area contributed by atoms with Gasteiger partial charge in [-0.1, -0.05) is 0 Å². The molecule has 0 aliphatic heterocycles. The highest BCUT2D eigenvalue weighted by atomic mass is 16.5. The maximum Gasteiger partial charge on any atom is 0.308 e. The van der Waals surface area contributed by atoms with Crippen LogP contribution in [0.15, 0.2) is 18.6 Å². The molecule has 0 atom stereocenters. The monoisotopic (exact) mass is 234 g/mol. The van der Waals surface area contributed by atoms with Crippen LogP contribution in [0.2, 0.25) is 0 Å². The quantitative estimate of drug-likeness (QED) is 0.751. The Balaban J connectivity index is 1.82. The van der Waals surface area contributed by atoms with Gasteiger partial charge in [-0.25, -0.2) is 0 Å². The Morgan fingerprint density at radius 2 is 2.12 bits per heavy atom. The lowest BCUT2D eigenvalue weighted by molar-refractivity contribution is -0.146. The van der Waals surface area contributed by atoms with E-state index in [1.165, 1.54) is 7.11 Å². The van der Waals surface area contributed by atoms with Gasteiger partial charge >= 0.3 is 5.97 Å². The van der Waals surface area contributed by atoms with Gasteiger partial charge in [0.25, 0.3) is 0 Å². The molecule has 1 aromatic rings. The summed E-state index contributed by atoms with van der Waals surface area (Å²) in [5.74, 6) is 0.689. The van der Waals surface area contributed by atoms with E-state index in [9.17, 15) is 4.79 Å². The summed E-state index contributed by atoms with van der Waals surface area (Å²) in [5, 5.41) is 0. The largest absolute Gasteiger partial charge is 0.469 e. The van der Waals surface area contributed by atoms with Gasteiger partial charge in [0.15, 0.2) is 0 Å². The molecule has 1 saturated carbocycles. The van der Waals surface area contributed by atoms with Crippen LogP contribution in [0.4, 0.5) is 0 Å². The lowest BCUT2D eigenvalue weighted by atomic mass is 9.80. The molecular formula is C13H18N2O2. The van der Waals surface area contributed by atoms with Crippen LogP contribution in [0.5, 0.6) is 0 Å². The number of methoxy groups -OCH3 is 1. The molecule has 17 heavy (non-hydrogen) atoms. The Hall–Kier alpha value is -1.45. The van der Waals surface area contributed by atoms with Gasteiger partial charge in [-0.05, 0) is 38.0 Å². The van der Waals surface area contributed by atoms with Crippen molar-refractivity contribution in [1.82, 2.24) is 9.97 Å². The minimum atomic E-state index is -0.0528. The van der Waals surface area contributed by atoms with E-state index in [0.29, 0.717) is 5.92 Å². The molecule has 0 amide bonds. The molecule has 1 aromatic heterocycles. The standard InChI is InChI=1S/C13H18N2O2/c1-17-13(16)11-4-2-10(3-5-11)8-12-9-14-6-7-15-12/h6-7,9-11H,2-5,8H2,1H3. The smallest absolute Gasteiger partial charge is 0.308 e. The summed E-state index contributed by atoms with van der Waals surface area (Å²) < 4.78 is 4.78. The molecule has 0 spiro atoms. The van der Waals surface area contributed by atoms with Gasteiger partial charge in [0.2, 0.25) is 0 Å². The highest BCUT2D eigenvalue weighted by Gasteiger charge is 2.26. The van der Waals surface area contributed by atoms with E-state index in [1.807, 2.05) is 6.20 Å². The summed E-state index contributed by atoms with van der Waals surface area (Å²) in [7, 11) is 1.47. The van der Waals surface area contributed by atoms with Gasteiger partial charge in [-0.15, -0.1) is 0 Å². The third-order valence-corrected chi connectivity index (χ3v) is 3.50. The predicted octanol–water partition coefficient (Wildman–Crippen LogP) is 2.00. The number of rotatable bonds is 3. The van der Waals surface area contributed by atoms with Crippen molar-refractivity contribution in [3.8, 4) is 0 Å². The van der Waals surface area contributed by atoms with Gasteiger partial charge in [0.1, 0.15) is 0 Å². The van der Waals surface area contributed by atoms with Gasteiger partial charge in [0, 0.05) is 18.6 Å². The first-order chi connectivity index (χ1) is 8.29. The summed E-state index contributed by atoms with van der Waals surface area (Å²) in [6, 6.07) is 0. The molecule has 0 unspecified atom stereocenters. The zero-order chi connectivity index (χ0) is 12.1. The molecule has 92 valence electrons. The number of hydrogen-bond acceptors (Lipinski definition) is 4. The lowest BCUT2D eigenvalue weighted by Gasteiger charge is -2.26. The third kappa shape index (κ3) is 3.25. The Kier molecular flexibility index (Phi) is 4.07. The zero-order valence-electron chi connectivity index (χ0n) is 10.1. The first-order valence-electron chi connectivity index (χ1n) is 6.12. The summed E-state index contributed by atoms with van der Waals surface area (Å²) in [4.78, 5) is 19.7. The molecule has 2 rings (SSSR count). The number of nitrogens with zero attached hydrogens (tertiary/aromatic N) is 2. The van der Waals surface area contributed by atoms with Crippen molar-refractivity contribution >= 4 is 5.97 Å². The van der Waals surface area contributed by atoms with Crippen molar-refractivity contribution in [2.75, 3.05) is 7.11 Å². The summed E-state index contributed by atoms with van der Waals surface area (Å²) in [5.41, 5.74) is 1.05. The molecule has 0 saturated heterocycles. The van der Waals surface area contributed by atoms with Gasteiger partial charge in [0.05, 0.1) is 18.7 Å². The number of carbonyl (C=O) groups excluding carboxylic acids is 1. The summed E-state index contributed by atoms with van der Waals surface area (Å²) >= 11 is 0. The van der Waals surface area contributed by atoms with Crippen molar-refractivity contribution in [3.05, 3.63) is 24.3 Å². The van der Waals surface area contributed by atoms with Crippen molar-refractivity contribution < 1.29 is 9.53 Å². The predicted molar refractivity (Wildman–Crippen MR) is 63.2 cm³/mol. The first-order valence-corrected chi connectivity index (χ1v) is 6.12. The number of aromatic nitrogens is 2. The highest BCUT2D eigenvalue weighted by Crippen LogP contribution is 2.31. The fraction of sp³-hybridized carbons (Fsp3) is 0.615. The van der Waals surface area contributed by atoms with Crippen molar-refractivity contribution in [2.45, 2.75) is 32.1 Å². The maximum absolute atomic E-state index is 11.4. The fourth-order valence-electron chi connectivity index (χ4n) is 2.50. The Bertz CT molecular complexity index is 359. The minimum absolute atomic E-state index is 0.0528. The van der Waals surface area contributed by atoms with E-state index in [1.54, 1.807) is 12.4 Å². The first kappa shape index (κ1) is 12.0. The second-order valence-electron chi connectivity index (χ2n) is 4.64. The molecule has 4 heteroatoms. The molecule has 1 aliphatic carbocycles. The molecule has 0 bridgehead atoms. The minimum Gasteiger partial charge on any atom is -0.469 e. The van der Waals surface area contributed by atoms with E-state index in [4.69, 9.17) is 4.74 Å². The topological polar surface area (TPSA) is 52.1 Å². The van der Waals surface area contributed by atoms with E-state index in [-0.39, 0.29) is 11.9 Å².